The van der Waals surface area contributed by atoms with E-state index < -0.39 is 11.9 Å². The molecule has 0 aromatic rings. The Morgan fingerprint density at radius 3 is 1.75 bits per heavy atom. The monoisotopic (exact) mass is 220 g/mol. The van der Waals surface area contributed by atoms with Gasteiger partial charge in [0.2, 0.25) is 0 Å². The molecule has 0 bridgehead atoms. The molecule has 0 aliphatic carbocycles. The second-order valence-electron chi connectivity index (χ2n) is 1.69. The standard InChI is InChI=1S/C6H10O4S.Ca.2H/c1-3-5(7)9-11-10-6(8)4-2;;;/h3-4H2,1-2H3;;;/q;+2;2*-1. The van der Waals surface area contributed by atoms with Crippen LogP contribution in [0.15, 0.2) is 0 Å². The van der Waals surface area contributed by atoms with E-state index in [0.717, 1.165) is 0 Å². The van der Waals surface area contributed by atoms with Gasteiger partial charge in [-0.15, -0.1) is 0 Å². The summed E-state index contributed by atoms with van der Waals surface area (Å²) in [6.07, 6.45) is 0.549. The quantitative estimate of drug-likeness (QED) is 0.528. The molecule has 4 nitrogen and oxygen atoms in total. The summed E-state index contributed by atoms with van der Waals surface area (Å²) in [5, 5.41) is 0. The van der Waals surface area contributed by atoms with Crippen LogP contribution in [0.5, 0.6) is 0 Å². The molecular weight excluding hydrogens is 208 g/mol. The average molecular weight is 220 g/mol. The van der Waals surface area contributed by atoms with Gasteiger partial charge >= 0.3 is 49.7 Å². The maximum atomic E-state index is 10.4. The Morgan fingerprint density at radius 1 is 1.17 bits per heavy atom. The fraction of sp³-hybridized carbons (Fsp3) is 0.667. The maximum Gasteiger partial charge on any atom is 2.00 e. The fourth-order valence-electron chi connectivity index (χ4n) is 0.211. The Balaban J connectivity index is -0.000000167. The molecule has 0 saturated carbocycles. The van der Waals surface area contributed by atoms with E-state index in [1.165, 1.54) is 0 Å². The van der Waals surface area contributed by atoms with Gasteiger partial charge in [-0.3, -0.25) is 9.59 Å². The molecule has 0 aliphatic rings. The van der Waals surface area contributed by atoms with E-state index in [4.69, 9.17) is 0 Å². The molecule has 0 saturated heterocycles. The van der Waals surface area contributed by atoms with Crippen LogP contribution in [-0.2, 0) is 18.0 Å². The predicted molar refractivity (Wildman–Crippen MR) is 48.3 cm³/mol. The molecule has 0 atom stereocenters. The molecule has 0 aliphatic heterocycles. The van der Waals surface area contributed by atoms with Crippen molar-refractivity contribution in [2.24, 2.45) is 0 Å². The van der Waals surface area contributed by atoms with Gasteiger partial charge < -0.3 is 11.2 Å². The van der Waals surface area contributed by atoms with Crippen molar-refractivity contribution in [3.05, 3.63) is 0 Å². The third-order valence-electron chi connectivity index (χ3n) is 0.831. The smallest absolute Gasteiger partial charge is 1.00 e. The van der Waals surface area contributed by atoms with Gasteiger partial charge in [-0.1, -0.05) is 13.8 Å². The number of hydrogen-bond donors (Lipinski definition) is 0. The minimum Gasteiger partial charge on any atom is -1.00 e. The molecular formula is C6H12CaO4S. The van der Waals surface area contributed by atoms with Gasteiger partial charge in [-0.2, -0.15) is 0 Å². The number of carbonyl (C=O) groups excluding carboxylic acids is 2. The summed E-state index contributed by atoms with van der Waals surface area (Å²) in [6.45, 7) is 3.31. The van der Waals surface area contributed by atoms with Gasteiger partial charge in [-0.25, -0.2) is 0 Å². The third kappa shape index (κ3) is 8.64. The van der Waals surface area contributed by atoms with Crippen molar-refractivity contribution in [1.82, 2.24) is 0 Å². The molecule has 0 unspecified atom stereocenters. The molecule has 0 heterocycles. The SMILES string of the molecule is CCC(=O)OSOC(=O)CC.[Ca+2].[H-].[H-]. The van der Waals surface area contributed by atoms with Crippen LogP contribution in [0.4, 0.5) is 0 Å². The average Bonchev–Trinajstić information content (AvgIpc) is 2.04. The van der Waals surface area contributed by atoms with Crippen LogP contribution < -0.4 is 0 Å². The summed E-state index contributed by atoms with van der Waals surface area (Å²) in [5.74, 6) is -0.808. The van der Waals surface area contributed by atoms with Crippen LogP contribution in [0.3, 0.4) is 0 Å². The first-order valence-corrected chi connectivity index (χ1v) is 3.94. The second kappa shape index (κ2) is 9.64. The van der Waals surface area contributed by atoms with Crippen LogP contribution in [0.25, 0.3) is 0 Å². The van der Waals surface area contributed by atoms with E-state index >= 15 is 0 Å². The van der Waals surface area contributed by atoms with E-state index in [1.807, 2.05) is 0 Å². The number of carbonyl (C=O) groups is 2. The molecule has 0 aromatic heterocycles. The largest absolute Gasteiger partial charge is 2.00 e. The van der Waals surface area contributed by atoms with E-state index in [0.29, 0.717) is 12.3 Å². The normalized spacial score (nSPS) is 8.17. The Bertz CT molecular complexity index is 143. The summed E-state index contributed by atoms with van der Waals surface area (Å²) in [7, 11) is 0. The van der Waals surface area contributed by atoms with Crippen LogP contribution >= 0.6 is 12.3 Å². The second-order valence-corrected chi connectivity index (χ2v) is 2.16. The van der Waals surface area contributed by atoms with Crippen molar-refractivity contribution in [1.29, 1.82) is 0 Å². The van der Waals surface area contributed by atoms with Gasteiger partial charge in [0.05, 0.1) is 0 Å². The van der Waals surface area contributed by atoms with Crippen molar-refractivity contribution in [2.45, 2.75) is 26.7 Å². The topological polar surface area (TPSA) is 52.6 Å². The molecule has 0 N–H and O–H groups in total. The summed E-state index contributed by atoms with van der Waals surface area (Å²) in [6, 6.07) is 0. The molecule has 0 aromatic carbocycles. The molecule has 68 valence electrons. The van der Waals surface area contributed by atoms with Gasteiger partial charge in [0.1, 0.15) is 0 Å². The molecule has 0 amide bonds. The number of rotatable bonds is 4. The van der Waals surface area contributed by atoms with Crippen LogP contribution in [0, 0.1) is 0 Å². The molecule has 0 spiro atoms. The van der Waals surface area contributed by atoms with Crippen LogP contribution in [-0.4, -0.2) is 49.7 Å². The molecule has 6 heteroatoms. The van der Waals surface area contributed by atoms with E-state index in [2.05, 4.69) is 8.37 Å². The summed E-state index contributed by atoms with van der Waals surface area (Å²) in [4.78, 5) is 20.9. The fourth-order valence-corrected chi connectivity index (χ4v) is 0.632. The van der Waals surface area contributed by atoms with E-state index in [9.17, 15) is 9.59 Å². The zero-order chi connectivity index (χ0) is 8.69. The first-order chi connectivity index (χ1) is 5.20. The summed E-state index contributed by atoms with van der Waals surface area (Å²) >= 11 is 0.420. The van der Waals surface area contributed by atoms with Gasteiger partial charge in [0.15, 0.2) is 0 Å². The molecule has 0 radical (unpaired) electrons. The van der Waals surface area contributed by atoms with Crippen LogP contribution in [0.1, 0.15) is 29.5 Å². The maximum absolute atomic E-state index is 10.4. The zero-order valence-electron chi connectivity index (χ0n) is 9.16. The van der Waals surface area contributed by atoms with Crippen molar-refractivity contribution in [3.8, 4) is 0 Å². The number of hydrogen-bond acceptors (Lipinski definition) is 5. The van der Waals surface area contributed by atoms with Crippen LogP contribution in [0.2, 0.25) is 0 Å². The Hall–Kier alpha value is 0.550. The zero-order valence-corrected chi connectivity index (χ0v) is 10.2. The Kier molecular flexibility index (Phi) is 12.1. The predicted octanol–water partition coefficient (Wildman–Crippen LogP) is 1.30. The minimum atomic E-state index is -0.404. The van der Waals surface area contributed by atoms with Crippen molar-refractivity contribution in [3.63, 3.8) is 0 Å². The van der Waals surface area contributed by atoms with Gasteiger partial charge in [-0.05, 0) is 0 Å². The minimum absolute atomic E-state index is 0. The van der Waals surface area contributed by atoms with Gasteiger partial charge in [0, 0.05) is 12.8 Å². The van der Waals surface area contributed by atoms with Gasteiger partial charge in [0.25, 0.3) is 12.3 Å². The first-order valence-electron chi connectivity index (χ1n) is 3.27. The molecule has 0 fully saturated rings. The third-order valence-corrected chi connectivity index (χ3v) is 1.34. The first kappa shape index (κ1) is 15.0. The Morgan fingerprint density at radius 2 is 1.50 bits per heavy atom. The summed E-state index contributed by atoms with van der Waals surface area (Å²) in [5.41, 5.74) is 0. The van der Waals surface area contributed by atoms with E-state index in [-0.39, 0.29) is 53.4 Å². The van der Waals surface area contributed by atoms with E-state index in [1.54, 1.807) is 13.8 Å². The molecule has 12 heavy (non-hydrogen) atoms. The van der Waals surface area contributed by atoms with Crippen molar-refractivity contribution in [2.75, 3.05) is 0 Å². The van der Waals surface area contributed by atoms with Crippen molar-refractivity contribution >= 4 is 62.0 Å². The Labute approximate surface area is 109 Å². The van der Waals surface area contributed by atoms with Crippen molar-refractivity contribution < 1.29 is 20.8 Å². The molecule has 0 rings (SSSR count). The summed E-state index contributed by atoms with van der Waals surface area (Å²) < 4.78 is 8.80.